The molecule has 1 fully saturated rings. The van der Waals surface area contributed by atoms with E-state index in [0.29, 0.717) is 13.1 Å². The summed E-state index contributed by atoms with van der Waals surface area (Å²) in [5.74, 6) is -0.955. The molecule has 0 spiro atoms. The van der Waals surface area contributed by atoms with Crippen molar-refractivity contribution in [3.63, 3.8) is 0 Å². The maximum Gasteiger partial charge on any atom is 0.255 e. The second-order valence-electron chi connectivity index (χ2n) is 7.45. The molecule has 2 aromatic carbocycles. The van der Waals surface area contributed by atoms with Crippen molar-refractivity contribution >= 4 is 17.5 Å². The lowest BCUT2D eigenvalue weighted by atomic mass is 9.87. The summed E-state index contributed by atoms with van der Waals surface area (Å²) in [7, 11) is 0. The van der Waals surface area contributed by atoms with Crippen molar-refractivity contribution < 1.29 is 14.7 Å². The zero-order valence-electron chi connectivity index (χ0n) is 15.2. The summed E-state index contributed by atoms with van der Waals surface area (Å²) in [6.45, 7) is 3.72. The Morgan fingerprint density at radius 1 is 1.15 bits per heavy atom. The van der Waals surface area contributed by atoms with Crippen LogP contribution in [-0.2, 0) is 29.2 Å². The van der Waals surface area contributed by atoms with Gasteiger partial charge in [0.15, 0.2) is 0 Å². The third-order valence-electron chi connectivity index (χ3n) is 5.63. The summed E-state index contributed by atoms with van der Waals surface area (Å²) in [6.07, 6.45) is -1.05. The van der Waals surface area contributed by atoms with Crippen molar-refractivity contribution in [3.8, 4) is 0 Å². The molecule has 2 aliphatic rings. The third kappa shape index (κ3) is 3.22. The standard InChI is InChI=1S/C21H23N3O3/c1-21(10-18(25)19(26)23-20(21)27)24-12-15-8-5-9-17(16(15)13-24)22-11-14-6-3-2-4-7-14/h2-9,18,22,25H,10-13H2,1H3,(H,23,26,27). The van der Waals surface area contributed by atoms with Crippen molar-refractivity contribution in [2.24, 2.45) is 0 Å². The predicted molar refractivity (Wildman–Crippen MR) is 102 cm³/mol. The van der Waals surface area contributed by atoms with Gasteiger partial charge in [0.2, 0.25) is 5.91 Å². The highest BCUT2D eigenvalue weighted by molar-refractivity contribution is 6.04. The summed E-state index contributed by atoms with van der Waals surface area (Å²) in [6, 6.07) is 16.3. The average molecular weight is 365 g/mol. The highest BCUT2D eigenvalue weighted by Crippen LogP contribution is 2.37. The number of hydrogen-bond donors (Lipinski definition) is 3. The Kier molecular flexibility index (Phi) is 4.45. The van der Waals surface area contributed by atoms with Crippen LogP contribution in [0, 0.1) is 0 Å². The Balaban J connectivity index is 1.53. The van der Waals surface area contributed by atoms with Crippen LogP contribution in [0.1, 0.15) is 30.0 Å². The Morgan fingerprint density at radius 3 is 2.70 bits per heavy atom. The molecule has 0 aromatic heterocycles. The number of nitrogens with zero attached hydrogens (tertiary/aromatic N) is 1. The number of hydrogen-bond acceptors (Lipinski definition) is 5. The Morgan fingerprint density at radius 2 is 1.93 bits per heavy atom. The number of imide groups is 1. The van der Waals surface area contributed by atoms with E-state index in [-0.39, 0.29) is 12.3 Å². The minimum absolute atomic E-state index is 0.110. The molecule has 0 saturated carbocycles. The molecule has 6 nitrogen and oxygen atoms in total. The SMILES string of the molecule is CC1(N2Cc3cccc(NCc4ccccc4)c3C2)CC(O)C(=O)NC1=O. The Labute approximate surface area is 158 Å². The van der Waals surface area contributed by atoms with Crippen LogP contribution in [0.3, 0.4) is 0 Å². The summed E-state index contributed by atoms with van der Waals surface area (Å²) in [5, 5.41) is 15.8. The number of piperidine rings is 1. The van der Waals surface area contributed by atoms with Crippen LogP contribution in [-0.4, -0.2) is 33.5 Å². The Hall–Kier alpha value is -2.70. The maximum absolute atomic E-state index is 12.5. The van der Waals surface area contributed by atoms with Crippen LogP contribution in [0.2, 0.25) is 0 Å². The van der Waals surface area contributed by atoms with Gasteiger partial charge in [-0.2, -0.15) is 0 Å². The first kappa shape index (κ1) is 17.7. The van der Waals surface area contributed by atoms with Crippen molar-refractivity contribution in [1.82, 2.24) is 10.2 Å². The van der Waals surface area contributed by atoms with Gasteiger partial charge in [0.05, 0.1) is 0 Å². The second-order valence-corrected chi connectivity index (χ2v) is 7.45. The number of nitrogens with one attached hydrogen (secondary N) is 2. The summed E-state index contributed by atoms with van der Waals surface area (Å²) in [5.41, 5.74) is 3.66. The molecule has 27 heavy (non-hydrogen) atoms. The van der Waals surface area contributed by atoms with Gasteiger partial charge < -0.3 is 10.4 Å². The van der Waals surface area contributed by atoms with Gasteiger partial charge in [0, 0.05) is 31.7 Å². The summed E-state index contributed by atoms with van der Waals surface area (Å²) < 4.78 is 0. The van der Waals surface area contributed by atoms with Crippen LogP contribution in [0.15, 0.2) is 48.5 Å². The molecule has 0 bridgehead atoms. The molecule has 2 aromatic rings. The summed E-state index contributed by atoms with van der Waals surface area (Å²) in [4.78, 5) is 26.1. The monoisotopic (exact) mass is 365 g/mol. The van der Waals surface area contributed by atoms with Crippen molar-refractivity contribution in [2.45, 2.75) is 44.6 Å². The molecule has 2 atom stereocenters. The number of fused-ring (bicyclic) bond motifs is 1. The topological polar surface area (TPSA) is 81.7 Å². The van der Waals surface area contributed by atoms with Crippen LogP contribution in [0.4, 0.5) is 5.69 Å². The molecule has 3 N–H and O–H groups in total. The molecule has 2 unspecified atom stereocenters. The zero-order chi connectivity index (χ0) is 19.0. The van der Waals surface area contributed by atoms with Gasteiger partial charge in [-0.05, 0) is 29.7 Å². The first-order valence-electron chi connectivity index (χ1n) is 9.14. The van der Waals surface area contributed by atoms with Gasteiger partial charge in [-0.3, -0.25) is 19.8 Å². The van der Waals surface area contributed by atoms with Gasteiger partial charge >= 0.3 is 0 Å². The summed E-state index contributed by atoms with van der Waals surface area (Å²) >= 11 is 0. The first-order chi connectivity index (χ1) is 13.0. The van der Waals surface area contributed by atoms with Crippen LogP contribution < -0.4 is 10.6 Å². The van der Waals surface area contributed by atoms with E-state index >= 15 is 0 Å². The third-order valence-corrected chi connectivity index (χ3v) is 5.63. The number of rotatable bonds is 4. The van der Waals surface area contributed by atoms with Gasteiger partial charge in [0.1, 0.15) is 11.6 Å². The van der Waals surface area contributed by atoms with Gasteiger partial charge in [-0.15, -0.1) is 0 Å². The quantitative estimate of drug-likeness (QED) is 0.720. The molecule has 2 heterocycles. The van der Waals surface area contributed by atoms with E-state index in [2.05, 4.69) is 28.8 Å². The highest BCUT2D eigenvalue weighted by Gasteiger charge is 2.48. The number of anilines is 1. The van der Waals surface area contributed by atoms with Crippen molar-refractivity contribution in [2.75, 3.05) is 5.32 Å². The number of carbonyl (C=O) groups excluding carboxylic acids is 2. The molecule has 0 aliphatic carbocycles. The fraction of sp³-hybridized carbons (Fsp3) is 0.333. The number of carbonyl (C=O) groups is 2. The minimum Gasteiger partial charge on any atom is -0.383 e. The number of benzene rings is 2. The molecule has 2 amide bonds. The lowest BCUT2D eigenvalue weighted by Gasteiger charge is -2.41. The fourth-order valence-corrected chi connectivity index (χ4v) is 3.89. The lowest BCUT2D eigenvalue weighted by molar-refractivity contribution is -0.151. The van der Waals surface area contributed by atoms with Crippen LogP contribution in [0.5, 0.6) is 0 Å². The minimum atomic E-state index is -1.16. The Bertz CT molecular complexity index is 883. The number of aliphatic hydroxyl groups is 1. The smallest absolute Gasteiger partial charge is 0.255 e. The highest BCUT2D eigenvalue weighted by atomic mass is 16.3. The van der Waals surface area contributed by atoms with E-state index in [1.165, 1.54) is 5.56 Å². The molecular formula is C21H23N3O3. The van der Waals surface area contributed by atoms with Crippen molar-refractivity contribution in [1.29, 1.82) is 0 Å². The average Bonchev–Trinajstić information content (AvgIpc) is 3.11. The molecule has 6 heteroatoms. The van der Waals surface area contributed by atoms with E-state index in [0.717, 1.165) is 23.4 Å². The van der Waals surface area contributed by atoms with E-state index in [9.17, 15) is 14.7 Å². The maximum atomic E-state index is 12.5. The van der Waals surface area contributed by atoms with Crippen LogP contribution >= 0.6 is 0 Å². The van der Waals surface area contributed by atoms with Gasteiger partial charge in [0.25, 0.3) is 5.91 Å². The van der Waals surface area contributed by atoms with Gasteiger partial charge in [-0.1, -0.05) is 42.5 Å². The molecule has 140 valence electrons. The molecular weight excluding hydrogens is 342 g/mol. The normalized spacial score (nSPS) is 25.2. The second kappa shape index (κ2) is 6.79. The zero-order valence-corrected chi connectivity index (χ0v) is 15.2. The molecule has 0 radical (unpaired) electrons. The van der Waals surface area contributed by atoms with Crippen molar-refractivity contribution in [3.05, 3.63) is 65.2 Å². The number of aliphatic hydroxyl groups excluding tert-OH is 1. The molecule has 2 aliphatic heterocycles. The first-order valence-corrected chi connectivity index (χ1v) is 9.14. The molecule has 1 saturated heterocycles. The lowest BCUT2D eigenvalue weighted by Crippen LogP contribution is -2.64. The van der Waals surface area contributed by atoms with Crippen LogP contribution in [0.25, 0.3) is 0 Å². The largest absolute Gasteiger partial charge is 0.383 e. The van der Waals surface area contributed by atoms with E-state index in [1.54, 1.807) is 6.92 Å². The number of amides is 2. The molecule has 4 rings (SSSR count). The van der Waals surface area contributed by atoms with Gasteiger partial charge in [-0.25, -0.2) is 0 Å². The van der Waals surface area contributed by atoms with E-state index in [4.69, 9.17) is 0 Å². The van der Waals surface area contributed by atoms with E-state index in [1.807, 2.05) is 35.2 Å². The van der Waals surface area contributed by atoms with E-state index < -0.39 is 17.6 Å². The predicted octanol–water partition coefficient (Wildman–Crippen LogP) is 1.78. The fourth-order valence-electron chi connectivity index (χ4n) is 3.89.